The quantitative estimate of drug-likeness (QED) is 0.263. The average molecular weight is 584 g/mol. The molecule has 0 saturated carbocycles. The SMILES string of the molecule is CN(C)[C@@H]1C(O)=C(C(N)=O)C(=O)[C@@]2(O)C(O)=C3C(=O)c4c(O)cc(CN5CCC[C@H]5C(F)(F)F)c(F)c4C[C@H]3C[C@@H]12. The topological polar surface area (TPSA) is 165 Å². The van der Waals surface area contributed by atoms with Crippen LogP contribution in [0, 0.1) is 17.7 Å². The Hall–Kier alpha value is -3.49. The van der Waals surface area contributed by atoms with Crippen LogP contribution >= 0.6 is 0 Å². The van der Waals surface area contributed by atoms with Gasteiger partial charge in [0.25, 0.3) is 5.91 Å². The Kier molecular flexibility index (Phi) is 6.74. The van der Waals surface area contributed by atoms with Crippen molar-refractivity contribution in [3.05, 3.63) is 51.2 Å². The largest absolute Gasteiger partial charge is 0.510 e. The van der Waals surface area contributed by atoms with Gasteiger partial charge in [-0.2, -0.15) is 13.2 Å². The first-order valence-corrected chi connectivity index (χ1v) is 13.0. The molecular formula is C27H29F4N3O7. The molecule has 4 aliphatic rings. The van der Waals surface area contributed by atoms with Crippen molar-refractivity contribution in [1.82, 2.24) is 9.80 Å². The van der Waals surface area contributed by atoms with Gasteiger partial charge in [-0.05, 0) is 58.3 Å². The maximum absolute atomic E-state index is 15.9. The number of aliphatic hydroxyl groups excluding tert-OH is 2. The zero-order valence-electron chi connectivity index (χ0n) is 22.1. The molecule has 1 amide bonds. The number of carbonyl (C=O) groups excluding carboxylic acids is 3. The molecule has 5 atom stereocenters. The Bertz CT molecular complexity index is 1440. The molecular weight excluding hydrogens is 554 g/mol. The van der Waals surface area contributed by atoms with Gasteiger partial charge in [-0.3, -0.25) is 24.2 Å². The molecule has 6 N–H and O–H groups in total. The molecule has 1 fully saturated rings. The Morgan fingerprint density at radius 3 is 2.46 bits per heavy atom. The summed E-state index contributed by atoms with van der Waals surface area (Å²) in [5, 5.41) is 44.4. The molecule has 14 heteroatoms. The summed E-state index contributed by atoms with van der Waals surface area (Å²) in [6.07, 6.45) is -4.95. The molecule has 10 nitrogen and oxygen atoms in total. The van der Waals surface area contributed by atoms with Crippen LogP contribution in [0.25, 0.3) is 0 Å². The number of nitrogens with two attached hydrogens (primary N) is 1. The Morgan fingerprint density at radius 2 is 1.88 bits per heavy atom. The van der Waals surface area contributed by atoms with Gasteiger partial charge in [0.1, 0.15) is 34.7 Å². The van der Waals surface area contributed by atoms with Crippen LogP contribution in [0.4, 0.5) is 17.6 Å². The Balaban J connectivity index is 1.60. The first-order chi connectivity index (χ1) is 19.0. The minimum absolute atomic E-state index is 0.0638. The predicted molar refractivity (Wildman–Crippen MR) is 133 cm³/mol. The molecule has 1 heterocycles. The van der Waals surface area contributed by atoms with Crippen LogP contribution in [-0.4, -0.2) is 92.2 Å². The van der Waals surface area contributed by atoms with E-state index >= 15 is 4.39 Å². The number of amides is 1. The molecule has 1 saturated heterocycles. The van der Waals surface area contributed by atoms with E-state index in [1.165, 1.54) is 19.0 Å². The van der Waals surface area contributed by atoms with E-state index in [2.05, 4.69) is 0 Å². The summed E-state index contributed by atoms with van der Waals surface area (Å²) >= 11 is 0. The maximum atomic E-state index is 15.9. The van der Waals surface area contributed by atoms with E-state index in [0.29, 0.717) is 0 Å². The smallest absolute Gasteiger partial charge is 0.404 e. The number of hydrogen-bond acceptors (Lipinski definition) is 9. The number of phenols is 1. The van der Waals surface area contributed by atoms with Gasteiger partial charge in [0.05, 0.1) is 11.6 Å². The lowest BCUT2D eigenvalue weighted by atomic mass is 9.58. The van der Waals surface area contributed by atoms with E-state index in [1.807, 2.05) is 0 Å². The average Bonchev–Trinajstić information content (AvgIpc) is 3.33. The second-order valence-corrected chi connectivity index (χ2v) is 11.4. The van der Waals surface area contributed by atoms with Crippen molar-refractivity contribution < 1.29 is 52.4 Å². The number of carbonyl (C=O) groups is 3. The summed E-state index contributed by atoms with van der Waals surface area (Å²) in [7, 11) is 2.95. The fraction of sp³-hybridized carbons (Fsp3) is 0.519. The molecule has 0 bridgehead atoms. The molecule has 1 aromatic rings. The number of ketones is 2. The highest BCUT2D eigenvalue weighted by Crippen LogP contribution is 2.52. The lowest BCUT2D eigenvalue weighted by Gasteiger charge is -2.50. The standard InChI is InChI=1S/C27H29F4N3O7/c1-33(2)20-13-7-10-6-12-17(14(35)8-11(19(12)28)9-34-5-3-4-15(34)27(29,30)31)21(36)16(10)23(38)26(13,41)24(39)18(22(20)37)25(32)40/h8,10,13,15,20,35,37-38,41H,3-7,9H2,1-2H3,(H2,32,40)/t10-,13-,15-,20-,26-/m0/s1. The number of Topliss-reactive ketones (excluding diaryl/α,β-unsaturated/α-hetero) is 2. The van der Waals surface area contributed by atoms with Crippen molar-refractivity contribution in [2.24, 2.45) is 17.6 Å². The number of likely N-dealkylation sites (N-methyl/N-ethyl adjacent to an activating group) is 1. The molecule has 0 aromatic heterocycles. The fourth-order valence-corrected chi connectivity index (χ4v) is 7.07. The number of hydrogen-bond donors (Lipinski definition) is 5. The monoisotopic (exact) mass is 583 g/mol. The van der Waals surface area contributed by atoms with E-state index in [-0.39, 0.29) is 43.4 Å². The number of primary amides is 1. The van der Waals surface area contributed by atoms with Gasteiger partial charge in [-0.1, -0.05) is 0 Å². The van der Waals surface area contributed by atoms with Gasteiger partial charge in [0.2, 0.25) is 5.78 Å². The summed E-state index contributed by atoms with van der Waals surface area (Å²) in [4.78, 5) is 41.4. The fourth-order valence-electron chi connectivity index (χ4n) is 7.07. The van der Waals surface area contributed by atoms with Crippen LogP contribution < -0.4 is 5.73 Å². The number of aliphatic hydroxyl groups is 3. The highest BCUT2D eigenvalue weighted by Gasteiger charge is 2.63. The van der Waals surface area contributed by atoms with Gasteiger partial charge in [-0.25, -0.2) is 4.39 Å². The lowest BCUT2D eigenvalue weighted by Crippen LogP contribution is -2.63. The van der Waals surface area contributed by atoms with Crippen molar-refractivity contribution in [1.29, 1.82) is 0 Å². The van der Waals surface area contributed by atoms with Crippen molar-refractivity contribution >= 4 is 17.5 Å². The molecule has 1 aromatic carbocycles. The van der Waals surface area contributed by atoms with E-state index < -0.39 is 99.5 Å². The molecule has 1 aliphatic heterocycles. The first-order valence-electron chi connectivity index (χ1n) is 13.0. The van der Waals surface area contributed by atoms with Crippen molar-refractivity contribution in [3.8, 4) is 5.75 Å². The number of alkyl halides is 3. The van der Waals surface area contributed by atoms with Gasteiger partial charge >= 0.3 is 6.18 Å². The third kappa shape index (κ3) is 4.14. The number of aromatic hydroxyl groups is 1. The van der Waals surface area contributed by atoms with E-state index in [0.717, 1.165) is 11.0 Å². The van der Waals surface area contributed by atoms with Crippen molar-refractivity contribution in [3.63, 3.8) is 0 Å². The van der Waals surface area contributed by atoms with Crippen LogP contribution in [-0.2, 0) is 22.6 Å². The molecule has 3 aliphatic carbocycles. The molecule has 41 heavy (non-hydrogen) atoms. The van der Waals surface area contributed by atoms with E-state index in [9.17, 15) is 48.0 Å². The van der Waals surface area contributed by atoms with Crippen LogP contribution in [0.15, 0.2) is 28.7 Å². The molecule has 5 rings (SSSR count). The second-order valence-electron chi connectivity index (χ2n) is 11.4. The number of allylic oxidation sites excluding steroid dienone is 1. The summed E-state index contributed by atoms with van der Waals surface area (Å²) in [6.45, 7) is -0.397. The van der Waals surface area contributed by atoms with Crippen LogP contribution in [0.5, 0.6) is 5.75 Å². The lowest BCUT2D eigenvalue weighted by molar-refractivity contribution is -0.177. The zero-order chi connectivity index (χ0) is 30.3. The van der Waals surface area contributed by atoms with Crippen LogP contribution in [0.2, 0.25) is 0 Å². The summed E-state index contributed by atoms with van der Waals surface area (Å²) in [5.41, 5.74) is 0.0131. The van der Waals surface area contributed by atoms with Crippen molar-refractivity contribution in [2.45, 2.75) is 56.1 Å². The number of rotatable bonds is 4. The van der Waals surface area contributed by atoms with Gasteiger partial charge in [0.15, 0.2) is 11.4 Å². The number of likely N-dealkylation sites (tertiary alicyclic amines) is 1. The van der Waals surface area contributed by atoms with E-state index in [4.69, 9.17) is 5.73 Å². The van der Waals surface area contributed by atoms with Gasteiger partial charge in [0, 0.05) is 29.2 Å². The normalized spacial score (nSPS) is 30.5. The number of phenolic OH excluding ortho intramolecular Hbond substituents is 1. The van der Waals surface area contributed by atoms with E-state index in [1.54, 1.807) is 0 Å². The summed E-state index contributed by atoms with van der Waals surface area (Å²) in [5.74, 6) is -9.65. The highest BCUT2D eigenvalue weighted by molar-refractivity contribution is 6.24. The number of benzene rings is 1. The second kappa shape index (κ2) is 9.53. The predicted octanol–water partition coefficient (Wildman–Crippen LogP) is 1.79. The number of halogens is 4. The zero-order valence-corrected chi connectivity index (χ0v) is 22.1. The van der Waals surface area contributed by atoms with Crippen LogP contribution in [0.1, 0.15) is 40.7 Å². The number of nitrogens with zero attached hydrogens (tertiary/aromatic N) is 2. The summed E-state index contributed by atoms with van der Waals surface area (Å²) in [6, 6.07) is -2.11. The molecule has 0 unspecified atom stereocenters. The minimum Gasteiger partial charge on any atom is -0.510 e. The van der Waals surface area contributed by atoms with Gasteiger partial charge in [-0.15, -0.1) is 0 Å². The Labute approximate surface area is 231 Å². The summed E-state index contributed by atoms with van der Waals surface area (Å²) < 4.78 is 56.3. The molecule has 0 radical (unpaired) electrons. The third-order valence-electron chi connectivity index (χ3n) is 8.85. The van der Waals surface area contributed by atoms with Gasteiger partial charge < -0.3 is 26.2 Å². The minimum atomic E-state index is -4.52. The first kappa shape index (κ1) is 29.0. The number of fused-ring (bicyclic) bond motifs is 3. The Morgan fingerprint density at radius 1 is 1.22 bits per heavy atom. The van der Waals surface area contributed by atoms with Crippen LogP contribution in [0.3, 0.4) is 0 Å². The van der Waals surface area contributed by atoms with Crippen molar-refractivity contribution in [2.75, 3.05) is 20.6 Å². The highest BCUT2D eigenvalue weighted by atomic mass is 19.4. The third-order valence-corrected chi connectivity index (χ3v) is 8.85. The maximum Gasteiger partial charge on any atom is 0.404 e. The molecule has 222 valence electrons. The molecule has 0 spiro atoms.